The van der Waals surface area contributed by atoms with Gasteiger partial charge in [-0.15, -0.1) is 0 Å². The molecular formula is C10H15N3O3. The van der Waals surface area contributed by atoms with Crippen LogP contribution in [0.3, 0.4) is 0 Å². The molecule has 1 aliphatic heterocycles. The monoisotopic (exact) mass is 225 g/mol. The molecule has 0 saturated carbocycles. The van der Waals surface area contributed by atoms with E-state index in [9.17, 15) is 4.79 Å². The lowest BCUT2D eigenvalue weighted by atomic mass is 10.4. The van der Waals surface area contributed by atoms with E-state index in [0.717, 1.165) is 6.42 Å². The van der Waals surface area contributed by atoms with Crippen LogP contribution in [0, 0.1) is 0 Å². The highest BCUT2D eigenvalue weighted by Gasteiger charge is 2.18. The van der Waals surface area contributed by atoms with Gasteiger partial charge in [-0.2, -0.15) is 5.10 Å². The number of carbonyl (C=O) groups is 1. The molecule has 16 heavy (non-hydrogen) atoms. The Hall–Kier alpha value is -1.56. The molecule has 1 amide bonds. The SMILES string of the molecule is COCCCNC(=O)c1cc2n(n1)CCO2. The maximum Gasteiger partial charge on any atom is 0.271 e. The van der Waals surface area contributed by atoms with Gasteiger partial charge in [-0.05, 0) is 6.42 Å². The Kier molecular flexibility index (Phi) is 3.40. The highest BCUT2D eigenvalue weighted by molar-refractivity contribution is 5.92. The van der Waals surface area contributed by atoms with Gasteiger partial charge in [0, 0.05) is 26.3 Å². The Labute approximate surface area is 93.5 Å². The van der Waals surface area contributed by atoms with Crippen LogP contribution >= 0.6 is 0 Å². The minimum Gasteiger partial charge on any atom is -0.476 e. The lowest BCUT2D eigenvalue weighted by molar-refractivity contribution is 0.0942. The number of amides is 1. The Morgan fingerprint density at radius 2 is 2.62 bits per heavy atom. The van der Waals surface area contributed by atoms with Crippen molar-refractivity contribution in [2.24, 2.45) is 0 Å². The van der Waals surface area contributed by atoms with E-state index < -0.39 is 0 Å². The number of rotatable bonds is 5. The summed E-state index contributed by atoms with van der Waals surface area (Å²) < 4.78 is 11.9. The molecule has 0 fully saturated rings. The molecule has 1 aromatic heterocycles. The first-order chi connectivity index (χ1) is 7.81. The van der Waals surface area contributed by atoms with Gasteiger partial charge < -0.3 is 14.8 Å². The van der Waals surface area contributed by atoms with Crippen molar-refractivity contribution >= 4 is 5.91 Å². The summed E-state index contributed by atoms with van der Waals surface area (Å²) in [5.41, 5.74) is 0.409. The van der Waals surface area contributed by atoms with Gasteiger partial charge in [-0.1, -0.05) is 0 Å². The van der Waals surface area contributed by atoms with Gasteiger partial charge in [-0.25, -0.2) is 4.68 Å². The zero-order valence-electron chi connectivity index (χ0n) is 9.23. The number of carbonyl (C=O) groups excluding carboxylic acids is 1. The predicted molar refractivity (Wildman–Crippen MR) is 56.5 cm³/mol. The molecule has 6 heteroatoms. The van der Waals surface area contributed by atoms with Crippen LogP contribution in [0.5, 0.6) is 5.88 Å². The number of hydrogen-bond acceptors (Lipinski definition) is 4. The summed E-state index contributed by atoms with van der Waals surface area (Å²) in [6, 6.07) is 1.67. The molecular weight excluding hydrogens is 210 g/mol. The second-order valence-electron chi connectivity index (χ2n) is 3.54. The van der Waals surface area contributed by atoms with Gasteiger partial charge in [0.05, 0.1) is 6.54 Å². The van der Waals surface area contributed by atoms with E-state index in [4.69, 9.17) is 9.47 Å². The van der Waals surface area contributed by atoms with Gasteiger partial charge in [-0.3, -0.25) is 4.79 Å². The fourth-order valence-electron chi connectivity index (χ4n) is 1.53. The first-order valence-electron chi connectivity index (χ1n) is 5.29. The number of nitrogens with zero attached hydrogens (tertiary/aromatic N) is 2. The molecule has 0 spiro atoms. The van der Waals surface area contributed by atoms with Crippen LogP contribution in [0.4, 0.5) is 0 Å². The second-order valence-corrected chi connectivity index (χ2v) is 3.54. The minimum absolute atomic E-state index is 0.165. The number of ether oxygens (including phenoxy) is 2. The third-order valence-corrected chi connectivity index (χ3v) is 2.34. The molecule has 2 rings (SSSR count). The van der Waals surface area contributed by atoms with E-state index in [0.29, 0.717) is 37.9 Å². The van der Waals surface area contributed by atoms with Crippen molar-refractivity contribution in [1.82, 2.24) is 15.1 Å². The summed E-state index contributed by atoms with van der Waals surface area (Å²) in [5, 5.41) is 6.91. The summed E-state index contributed by atoms with van der Waals surface area (Å²) in [5.74, 6) is 0.503. The molecule has 88 valence electrons. The van der Waals surface area contributed by atoms with Crippen molar-refractivity contribution < 1.29 is 14.3 Å². The third kappa shape index (κ3) is 2.33. The number of fused-ring (bicyclic) bond motifs is 1. The number of hydrogen-bond donors (Lipinski definition) is 1. The van der Waals surface area contributed by atoms with E-state index in [-0.39, 0.29) is 5.91 Å². The highest BCUT2D eigenvalue weighted by Crippen LogP contribution is 2.17. The largest absolute Gasteiger partial charge is 0.476 e. The van der Waals surface area contributed by atoms with E-state index in [1.807, 2.05) is 0 Å². The molecule has 0 aromatic carbocycles. The summed E-state index contributed by atoms with van der Waals surface area (Å²) >= 11 is 0. The van der Waals surface area contributed by atoms with E-state index in [2.05, 4.69) is 10.4 Å². The molecule has 0 atom stereocenters. The molecule has 0 aliphatic carbocycles. The molecule has 1 aliphatic rings. The van der Waals surface area contributed by atoms with Crippen molar-refractivity contribution in [1.29, 1.82) is 0 Å². The molecule has 1 N–H and O–H groups in total. The van der Waals surface area contributed by atoms with E-state index in [1.165, 1.54) is 0 Å². The van der Waals surface area contributed by atoms with Gasteiger partial charge >= 0.3 is 0 Å². The normalized spacial score (nSPS) is 13.3. The number of methoxy groups -OCH3 is 1. The Bertz CT molecular complexity index is 354. The van der Waals surface area contributed by atoms with Crippen LogP contribution < -0.4 is 10.1 Å². The lowest BCUT2D eigenvalue weighted by Gasteiger charge is -2.01. The topological polar surface area (TPSA) is 65.4 Å². The molecule has 6 nitrogen and oxygen atoms in total. The lowest BCUT2D eigenvalue weighted by Crippen LogP contribution is -2.25. The zero-order valence-corrected chi connectivity index (χ0v) is 9.23. The van der Waals surface area contributed by atoms with Crippen LogP contribution in [0.1, 0.15) is 16.9 Å². The summed E-state index contributed by atoms with van der Waals surface area (Å²) in [4.78, 5) is 11.6. The van der Waals surface area contributed by atoms with Crippen molar-refractivity contribution in [2.75, 3.05) is 26.9 Å². The fourth-order valence-corrected chi connectivity index (χ4v) is 1.53. The average Bonchev–Trinajstić information content (AvgIpc) is 2.83. The van der Waals surface area contributed by atoms with Crippen LogP contribution in [0.15, 0.2) is 6.07 Å². The minimum atomic E-state index is -0.165. The Balaban J connectivity index is 1.84. The fraction of sp³-hybridized carbons (Fsp3) is 0.600. The molecule has 0 saturated heterocycles. The van der Waals surface area contributed by atoms with Crippen LogP contribution in [-0.4, -0.2) is 42.6 Å². The van der Waals surface area contributed by atoms with Gasteiger partial charge in [0.1, 0.15) is 6.61 Å². The number of aromatic nitrogens is 2. The van der Waals surface area contributed by atoms with Crippen molar-refractivity contribution in [3.05, 3.63) is 11.8 Å². The maximum atomic E-state index is 11.6. The van der Waals surface area contributed by atoms with Crippen LogP contribution in [0.25, 0.3) is 0 Å². The van der Waals surface area contributed by atoms with E-state index in [1.54, 1.807) is 17.9 Å². The van der Waals surface area contributed by atoms with Crippen molar-refractivity contribution in [3.8, 4) is 5.88 Å². The predicted octanol–water partition coefficient (Wildman–Crippen LogP) is 0.0418. The molecule has 2 heterocycles. The average molecular weight is 225 g/mol. The van der Waals surface area contributed by atoms with Gasteiger partial charge in [0.25, 0.3) is 5.91 Å². The zero-order chi connectivity index (χ0) is 11.4. The van der Waals surface area contributed by atoms with Crippen molar-refractivity contribution in [3.63, 3.8) is 0 Å². The number of nitrogens with one attached hydrogen (secondary N) is 1. The van der Waals surface area contributed by atoms with Gasteiger partial charge in [0.15, 0.2) is 5.69 Å². The summed E-state index contributed by atoms with van der Waals surface area (Å²) in [6.07, 6.45) is 0.798. The Morgan fingerprint density at radius 3 is 3.38 bits per heavy atom. The molecule has 0 unspecified atom stereocenters. The standard InChI is InChI=1S/C10H15N3O3/c1-15-5-2-3-11-10(14)8-7-9-13(12-8)4-6-16-9/h7H,2-6H2,1H3,(H,11,14). The third-order valence-electron chi connectivity index (χ3n) is 2.34. The quantitative estimate of drug-likeness (QED) is 0.719. The highest BCUT2D eigenvalue weighted by atomic mass is 16.5. The smallest absolute Gasteiger partial charge is 0.271 e. The van der Waals surface area contributed by atoms with Gasteiger partial charge in [0.2, 0.25) is 5.88 Å². The molecule has 0 radical (unpaired) electrons. The van der Waals surface area contributed by atoms with Crippen molar-refractivity contribution in [2.45, 2.75) is 13.0 Å². The Morgan fingerprint density at radius 1 is 1.75 bits per heavy atom. The molecule has 0 bridgehead atoms. The molecule has 1 aromatic rings. The second kappa shape index (κ2) is 4.98. The first kappa shape index (κ1) is 10.9. The van der Waals surface area contributed by atoms with Crippen LogP contribution in [-0.2, 0) is 11.3 Å². The summed E-state index contributed by atoms with van der Waals surface area (Å²) in [7, 11) is 1.64. The van der Waals surface area contributed by atoms with E-state index >= 15 is 0 Å². The van der Waals surface area contributed by atoms with Crippen LogP contribution in [0.2, 0.25) is 0 Å². The maximum absolute atomic E-state index is 11.6. The summed E-state index contributed by atoms with van der Waals surface area (Å²) in [6.45, 7) is 2.59. The first-order valence-corrected chi connectivity index (χ1v) is 5.29.